The van der Waals surface area contributed by atoms with Crippen LogP contribution in [0.15, 0.2) is 29.2 Å². The van der Waals surface area contributed by atoms with Crippen molar-refractivity contribution in [3.05, 3.63) is 30.1 Å². The Bertz CT molecular complexity index is 731. The van der Waals surface area contributed by atoms with Gasteiger partial charge in [-0.1, -0.05) is 6.07 Å². The van der Waals surface area contributed by atoms with Gasteiger partial charge in [-0.3, -0.25) is 4.90 Å². The number of hydrogen-bond donors (Lipinski definition) is 2. The summed E-state index contributed by atoms with van der Waals surface area (Å²) in [5.41, 5.74) is 0. The number of nitrogens with one attached hydrogen (secondary N) is 1. The van der Waals surface area contributed by atoms with Crippen LogP contribution >= 0.6 is 0 Å². The highest BCUT2D eigenvalue weighted by molar-refractivity contribution is 7.89. The molecule has 10 heteroatoms. The van der Waals surface area contributed by atoms with Gasteiger partial charge in [0.1, 0.15) is 5.82 Å². The smallest absolute Gasteiger partial charge is 0.261 e. The molecule has 0 radical (unpaired) electrons. The normalized spacial score (nSPS) is 30.0. The summed E-state index contributed by atoms with van der Waals surface area (Å²) in [6.07, 6.45) is -2.20. The number of likely N-dealkylation sites (tertiary alicyclic amines) is 1. The molecule has 0 amide bonds. The van der Waals surface area contributed by atoms with E-state index < -0.39 is 46.6 Å². The Labute approximate surface area is 143 Å². The van der Waals surface area contributed by atoms with Crippen LogP contribution in [0.1, 0.15) is 6.42 Å². The van der Waals surface area contributed by atoms with Crippen molar-refractivity contribution in [3.63, 3.8) is 0 Å². The summed E-state index contributed by atoms with van der Waals surface area (Å²) in [5, 5.41) is 10.3. The summed E-state index contributed by atoms with van der Waals surface area (Å²) >= 11 is 0. The van der Waals surface area contributed by atoms with Gasteiger partial charge in [-0.2, -0.15) is 0 Å². The zero-order valence-corrected chi connectivity index (χ0v) is 14.1. The fraction of sp³-hybridized carbons (Fsp3) is 0.600. The quantitative estimate of drug-likeness (QED) is 0.781. The third-order valence-corrected chi connectivity index (χ3v) is 5.87. The van der Waals surface area contributed by atoms with Gasteiger partial charge in [0, 0.05) is 19.5 Å². The van der Waals surface area contributed by atoms with Gasteiger partial charge in [-0.15, -0.1) is 0 Å². The van der Waals surface area contributed by atoms with E-state index in [1.807, 2.05) is 0 Å². The zero-order chi connectivity index (χ0) is 18.2. The maximum absolute atomic E-state index is 13.2. The second-order valence-electron chi connectivity index (χ2n) is 6.39. The lowest BCUT2D eigenvalue weighted by Crippen LogP contribution is -2.46. The summed E-state index contributed by atoms with van der Waals surface area (Å²) in [5.74, 6) is -3.44. The highest BCUT2D eigenvalue weighted by atomic mass is 32.2. The number of rotatable bonds is 5. The molecule has 3 atom stereocenters. The van der Waals surface area contributed by atoms with Crippen molar-refractivity contribution in [1.29, 1.82) is 0 Å². The van der Waals surface area contributed by atoms with Crippen LogP contribution in [-0.4, -0.2) is 68.8 Å². The molecule has 2 N–H and O–H groups in total. The van der Waals surface area contributed by atoms with Gasteiger partial charge in [0.25, 0.3) is 5.92 Å². The molecule has 0 bridgehead atoms. The standard InChI is InChI=1S/C15H19F3N2O4S/c16-10-2-1-3-11(6-10)25(22,23)19-12-8-24-13(14(12)21)7-20-5-4-15(17,18)9-20/h1-3,6,12-14,19,21H,4-5,7-9H2/t12-,13-,14+/m0/s1. The van der Waals surface area contributed by atoms with E-state index in [-0.39, 0.29) is 31.0 Å². The van der Waals surface area contributed by atoms with Gasteiger partial charge in [-0.25, -0.2) is 26.3 Å². The second kappa shape index (κ2) is 6.84. The fourth-order valence-corrected chi connectivity index (χ4v) is 4.33. The van der Waals surface area contributed by atoms with Crippen molar-refractivity contribution >= 4 is 10.0 Å². The van der Waals surface area contributed by atoms with Crippen molar-refractivity contribution in [3.8, 4) is 0 Å². The molecule has 1 aromatic rings. The van der Waals surface area contributed by atoms with Crippen LogP contribution < -0.4 is 4.72 Å². The van der Waals surface area contributed by atoms with E-state index in [9.17, 15) is 26.7 Å². The molecule has 3 rings (SSSR count). The number of sulfonamides is 1. The van der Waals surface area contributed by atoms with Crippen LogP contribution in [0.4, 0.5) is 13.2 Å². The Kier molecular flexibility index (Phi) is 5.09. The van der Waals surface area contributed by atoms with E-state index in [1.54, 1.807) is 0 Å². The molecule has 0 spiro atoms. The van der Waals surface area contributed by atoms with Crippen LogP contribution in [0.5, 0.6) is 0 Å². The molecule has 2 aliphatic rings. The highest BCUT2D eigenvalue weighted by Crippen LogP contribution is 2.28. The topological polar surface area (TPSA) is 78.9 Å². The first kappa shape index (κ1) is 18.6. The number of ether oxygens (including phenoxy) is 1. The molecule has 1 aromatic carbocycles. The number of alkyl halides is 2. The first-order valence-electron chi connectivity index (χ1n) is 7.84. The van der Waals surface area contributed by atoms with Crippen LogP contribution in [0.3, 0.4) is 0 Å². The van der Waals surface area contributed by atoms with Gasteiger partial charge >= 0.3 is 0 Å². The Hall–Kier alpha value is -1.20. The molecule has 0 saturated carbocycles. The monoisotopic (exact) mass is 380 g/mol. The molecule has 2 aliphatic heterocycles. The zero-order valence-electron chi connectivity index (χ0n) is 13.2. The van der Waals surface area contributed by atoms with Gasteiger partial charge in [0.2, 0.25) is 10.0 Å². The van der Waals surface area contributed by atoms with Gasteiger partial charge in [0.05, 0.1) is 36.3 Å². The second-order valence-corrected chi connectivity index (χ2v) is 8.10. The predicted octanol–water partition coefficient (Wildman–Crippen LogP) is 0.573. The van der Waals surface area contributed by atoms with E-state index in [1.165, 1.54) is 17.0 Å². The van der Waals surface area contributed by atoms with Crippen molar-refractivity contribution in [2.75, 3.05) is 26.2 Å². The molecule has 2 heterocycles. The Morgan fingerprint density at radius 3 is 2.80 bits per heavy atom. The van der Waals surface area contributed by atoms with Crippen LogP contribution in [0.2, 0.25) is 0 Å². The average molecular weight is 380 g/mol. The molecule has 0 aliphatic carbocycles. The van der Waals surface area contributed by atoms with Gasteiger partial charge in [-0.05, 0) is 18.2 Å². The van der Waals surface area contributed by atoms with E-state index in [2.05, 4.69) is 4.72 Å². The van der Waals surface area contributed by atoms with Crippen molar-refractivity contribution in [2.24, 2.45) is 0 Å². The van der Waals surface area contributed by atoms with Crippen molar-refractivity contribution < 1.29 is 31.4 Å². The van der Waals surface area contributed by atoms with E-state index in [0.717, 1.165) is 12.1 Å². The molecule has 25 heavy (non-hydrogen) atoms. The number of nitrogens with zero attached hydrogens (tertiary/aromatic N) is 1. The molecule has 6 nitrogen and oxygen atoms in total. The fourth-order valence-electron chi connectivity index (χ4n) is 3.07. The molecule has 2 fully saturated rings. The van der Waals surface area contributed by atoms with Gasteiger partial charge in [0.15, 0.2) is 0 Å². The highest BCUT2D eigenvalue weighted by Gasteiger charge is 2.43. The predicted molar refractivity (Wildman–Crippen MR) is 82.3 cm³/mol. The Balaban J connectivity index is 1.61. The van der Waals surface area contributed by atoms with Gasteiger partial charge < -0.3 is 9.84 Å². The lowest BCUT2D eigenvalue weighted by Gasteiger charge is -2.23. The summed E-state index contributed by atoms with van der Waals surface area (Å²) in [7, 11) is -4.03. The molecule has 140 valence electrons. The van der Waals surface area contributed by atoms with E-state index >= 15 is 0 Å². The van der Waals surface area contributed by atoms with Crippen LogP contribution in [-0.2, 0) is 14.8 Å². The lowest BCUT2D eigenvalue weighted by molar-refractivity contribution is -0.00722. The summed E-state index contributed by atoms with van der Waals surface area (Å²) < 4.78 is 71.8. The summed E-state index contributed by atoms with van der Waals surface area (Å²) in [6, 6.07) is 3.56. The number of aliphatic hydroxyl groups excluding tert-OH is 1. The van der Waals surface area contributed by atoms with Crippen molar-refractivity contribution in [2.45, 2.75) is 35.5 Å². The Morgan fingerprint density at radius 2 is 2.16 bits per heavy atom. The molecular weight excluding hydrogens is 361 g/mol. The van der Waals surface area contributed by atoms with E-state index in [0.29, 0.717) is 0 Å². The third-order valence-electron chi connectivity index (χ3n) is 4.38. The summed E-state index contributed by atoms with van der Waals surface area (Å²) in [6.45, 7) is -0.210. The minimum absolute atomic E-state index is 0.0922. The van der Waals surface area contributed by atoms with Crippen molar-refractivity contribution in [1.82, 2.24) is 9.62 Å². The minimum Gasteiger partial charge on any atom is -0.389 e. The van der Waals surface area contributed by atoms with E-state index in [4.69, 9.17) is 4.74 Å². The number of hydrogen-bond acceptors (Lipinski definition) is 5. The first-order valence-corrected chi connectivity index (χ1v) is 9.32. The SMILES string of the molecule is O=S(=O)(N[C@H]1CO[C@@H](CN2CCC(F)(F)C2)[C@@H]1O)c1cccc(F)c1. The molecular formula is C15H19F3N2O4S. The Morgan fingerprint density at radius 1 is 1.40 bits per heavy atom. The summed E-state index contributed by atoms with van der Waals surface area (Å²) in [4.78, 5) is 1.22. The molecule has 0 unspecified atom stereocenters. The number of halogens is 3. The minimum atomic E-state index is -4.03. The number of benzene rings is 1. The third kappa shape index (κ3) is 4.32. The number of aliphatic hydroxyl groups is 1. The van der Waals surface area contributed by atoms with Crippen LogP contribution in [0.25, 0.3) is 0 Å². The molecule has 2 saturated heterocycles. The first-order chi connectivity index (χ1) is 11.7. The molecule has 0 aromatic heterocycles. The maximum atomic E-state index is 13.2. The maximum Gasteiger partial charge on any atom is 0.261 e. The average Bonchev–Trinajstić information content (AvgIpc) is 3.03. The largest absolute Gasteiger partial charge is 0.389 e. The lowest BCUT2D eigenvalue weighted by atomic mass is 10.1. The van der Waals surface area contributed by atoms with Crippen LogP contribution in [0, 0.1) is 5.82 Å².